The van der Waals surface area contributed by atoms with Gasteiger partial charge in [-0.2, -0.15) is 0 Å². The molecule has 0 radical (unpaired) electrons. The van der Waals surface area contributed by atoms with Crippen LogP contribution in [-0.2, 0) is 0 Å². The van der Waals surface area contributed by atoms with Gasteiger partial charge in [0.1, 0.15) is 11.2 Å². The molecular weight excluding hydrogens is 703 g/mol. The van der Waals surface area contributed by atoms with Gasteiger partial charge in [-0.1, -0.05) is 176 Å². The quantitative estimate of drug-likeness (QED) is 0.161. The molecule has 0 spiro atoms. The molecule has 2 heteroatoms. The molecule has 11 aromatic rings. The zero-order chi connectivity index (χ0) is 45.4. The Morgan fingerprint density at radius 3 is 1.62 bits per heavy atom. The van der Waals surface area contributed by atoms with Crippen molar-refractivity contribution in [2.45, 2.75) is 0 Å². The molecule has 2 nitrogen and oxygen atoms in total. The van der Waals surface area contributed by atoms with E-state index in [-0.39, 0.29) is 46.7 Å². The normalized spacial score (nSPS) is 13.4. The number of para-hydroxylation sites is 2. The minimum absolute atomic E-state index is 0.0936. The van der Waals surface area contributed by atoms with Crippen molar-refractivity contribution >= 4 is 60.5 Å². The monoisotopic (exact) mass is 747 g/mol. The topological polar surface area (TPSA) is 16.4 Å². The molecule has 0 N–H and O–H groups in total. The molecule has 0 bridgehead atoms. The Kier molecular flexibility index (Phi) is 6.38. The van der Waals surface area contributed by atoms with Gasteiger partial charge in [-0.05, 0) is 104 Å². The number of nitrogens with zero attached hydrogens (tertiary/aromatic N) is 1. The van der Waals surface area contributed by atoms with E-state index in [1.807, 2.05) is 146 Å². The van der Waals surface area contributed by atoms with Crippen LogP contribution in [0.2, 0.25) is 0 Å². The smallest absolute Gasteiger partial charge is 0.143 e. The average molecular weight is 748 g/mol. The van der Waals surface area contributed by atoms with Crippen LogP contribution in [0.5, 0.6) is 0 Å². The Balaban J connectivity index is 1.19. The van der Waals surface area contributed by atoms with E-state index >= 15 is 0 Å². The first-order valence-corrected chi connectivity index (χ1v) is 19.2. The molecule has 0 saturated carbocycles. The molecule has 1 heterocycles. The molecule has 0 aliphatic rings. The molecule has 0 aliphatic heterocycles. The van der Waals surface area contributed by atoms with Crippen LogP contribution in [0.4, 0.5) is 17.1 Å². The third-order valence-electron chi connectivity index (χ3n) is 10.8. The molecule has 11 rings (SSSR count). The van der Waals surface area contributed by atoms with Gasteiger partial charge in [0.05, 0.1) is 16.7 Å². The second-order valence-corrected chi connectivity index (χ2v) is 14.2. The highest BCUT2D eigenvalue weighted by Crippen LogP contribution is 2.46. The van der Waals surface area contributed by atoms with Crippen LogP contribution in [0.15, 0.2) is 229 Å². The summed E-state index contributed by atoms with van der Waals surface area (Å²) in [4.78, 5) is 1.40. The van der Waals surface area contributed by atoms with Crippen molar-refractivity contribution < 1.29 is 15.4 Å². The summed E-state index contributed by atoms with van der Waals surface area (Å²) < 4.78 is 83.6. The van der Waals surface area contributed by atoms with Crippen LogP contribution in [0, 0.1) is 0 Å². The van der Waals surface area contributed by atoms with Crippen molar-refractivity contribution in [1.82, 2.24) is 0 Å². The first-order valence-electron chi connectivity index (χ1n) is 23.2. The van der Waals surface area contributed by atoms with Gasteiger partial charge in [0.2, 0.25) is 0 Å². The Bertz CT molecular complexity index is 3700. The number of benzene rings is 10. The van der Waals surface area contributed by atoms with Crippen molar-refractivity contribution in [3.63, 3.8) is 0 Å². The molecule has 0 atom stereocenters. The maximum atomic E-state index is 9.75. The largest absolute Gasteiger partial charge is 0.455 e. The van der Waals surface area contributed by atoms with E-state index in [0.717, 1.165) is 54.6 Å². The summed E-state index contributed by atoms with van der Waals surface area (Å²) in [5, 5.41) is 5.28. The fourth-order valence-corrected chi connectivity index (χ4v) is 7.95. The van der Waals surface area contributed by atoms with Crippen LogP contribution >= 0.6 is 0 Å². The van der Waals surface area contributed by atoms with Gasteiger partial charge in [-0.3, -0.25) is 0 Å². The second-order valence-electron chi connectivity index (χ2n) is 14.2. The molecule has 0 unspecified atom stereocenters. The number of hydrogen-bond donors (Lipinski definition) is 0. The van der Waals surface area contributed by atoms with Gasteiger partial charge in [-0.15, -0.1) is 0 Å². The highest BCUT2D eigenvalue weighted by molar-refractivity contribution is 6.19. The highest BCUT2D eigenvalue weighted by atomic mass is 16.3. The van der Waals surface area contributed by atoms with E-state index in [1.54, 1.807) is 30.3 Å². The zero-order valence-electron chi connectivity index (χ0n) is 39.1. The summed E-state index contributed by atoms with van der Waals surface area (Å²) in [6.07, 6.45) is 0. The second kappa shape index (κ2) is 14.1. The highest BCUT2D eigenvalue weighted by Gasteiger charge is 2.21. The zero-order valence-corrected chi connectivity index (χ0v) is 31.1. The fourth-order valence-electron chi connectivity index (χ4n) is 7.95. The van der Waals surface area contributed by atoms with Crippen molar-refractivity contribution in [3.8, 4) is 44.5 Å². The molecule has 0 aliphatic carbocycles. The van der Waals surface area contributed by atoms with E-state index in [0.29, 0.717) is 28.0 Å². The summed E-state index contributed by atoms with van der Waals surface area (Å²) in [7, 11) is 0. The van der Waals surface area contributed by atoms with E-state index < -0.39 is 24.2 Å². The molecule has 272 valence electrons. The average Bonchev–Trinajstić information content (AvgIpc) is 3.74. The molecule has 0 amide bonds. The Labute approximate surface area is 348 Å². The molecule has 58 heavy (non-hydrogen) atoms. The molecule has 0 fully saturated rings. The van der Waals surface area contributed by atoms with Gasteiger partial charge in [0, 0.05) is 33.1 Å². The van der Waals surface area contributed by atoms with Gasteiger partial charge in [0.25, 0.3) is 0 Å². The third kappa shape index (κ3) is 5.91. The summed E-state index contributed by atoms with van der Waals surface area (Å²) in [6, 6.07) is 52.5. The lowest BCUT2D eigenvalue weighted by atomic mass is 9.93. The SMILES string of the molecule is [2H]c1c([2H])c(N(c2ccccc2-c2cc3c4ccccc4oc3c3ccccc23)c2c([2H])c([2H])c(-c3ccc4ccccc4c3)c([2H])c2[2H])c([2H])c([2H])c1-c1ccc(-c2ccccc2)cc1. The molecule has 0 saturated heterocycles. The third-order valence-corrected chi connectivity index (χ3v) is 10.8. The van der Waals surface area contributed by atoms with E-state index in [2.05, 4.69) is 0 Å². The van der Waals surface area contributed by atoms with Crippen LogP contribution < -0.4 is 4.90 Å². The lowest BCUT2D eigenvalue weighted by Crippen LogP contribution is -2.11. The predicted octanol–water partition coefficient (Wildman–Crippen LogP) is 16.0. The van der Waals surface area contributed by atoms with Crippen molar-refractivity contribution in [2.75, 3.05) is 4.90 Å². The number of anilines is 3. The van der Waals surface area contributed by atoms with Crippen molar-refractivity contribution in [3.05, 3.63) is 224 Å². The van der Waals surface area contributed by atoms with Crippen LogP contribution in [0.1, 0.15) is 11.0 Å². The van der Waals surface area contributed by atoms with Crippen LogP contribution in [0.25, 0.3) is 88.0 Å². The summed E-state index contributed by atoms with van der Waals surface area (Å²) >= 11 is 0. The number of furan rings is 1. The van der Waals surface area contributed by atoms with Crippen LogP contribution in [-0.4, -0.2) is 0 Å². The minimum Gasteiger partial charge on any atom is -0.455 e. The first kappa shape index (κ1) is 26.2. The predicted molar refractivity (Wildman–Crippen MR) is 245 cm³/mol. The Morgan fingerprint density at radius 2 is 0.879 bits per heavy atom. The lowest BCUT2D eigenvalue weighted by molar-refractivity contribution is 0.672. The molecule has 10 aromatic carbocycles. The van der Waals surface area contributed by atoms with Gasteiger partial charge in [-0.25, -0.2) is 0 Å². The van der Waals surface area contributed by atoms with Gasteiger partial charge >= 0.3 is 0 Å². The van der Waals surface area contributed by atoms with E-state index in [4.69, 9.17) is 4.42 Å². The lowest BCUT2D eigenvalue weighted by Gasteiger charge is -2.28. The van der Waals surface area contributed by atoms with Crippen LogP contribution in [0.3, 0.4) is 0 Å². The van der Waals surface area contributed by atoms with Crippen molar-refractivity contribution in [2.24, 2.45) is 0 Å². The number of fused-ring (bicyclic) bond motifs is 6. The fraction of sp³-hybridized carbons (Fsp3) is 0. The summed E-state index contributed by atoms with van der Waals surface area (Å²) in [5.41, 5.74) is 5.76. The maximum Gasteiger partial charge on any atom is 0.143 e. The minimum atomic E-state index is -0.412. The number of hydrogen-bond acceptors (Lipinski definition) is 2. The van der Waals surface area contributed by atoms with E-state index in [1.165, 1.54) is 4.90 Å². The summed E-state index contributed by atoms with van der Waals surface area (Å²) in [5.74, 6) is 0. The summed E-state index contributed by atoms with van der Waals surface area (Å²) in [6.45, 7) is 0. The molecular formula is C56H37NO. The van der Waals surface area contributed by atoms with Gasteiger partial charge < -0.3 is 9.32 Å². The standard InChI is InChI=1S/C56H37NO/c1-2-12-38(13-3-1)40-22-24-41(25-23-40)42-28-32-46(33-29-42)57(47-34-30-43(31-35-47)45-27-26-39-14-4-5-15-44(39)36-45)54-20-10-8-17-49(54)52-37-53-50-18-9-11-21-55(50)58-56(53)51-19-7-6-16-48(51)52/h1-37H/i28D,29D,30D,31D,32D,33D,34D,35D. The van der Waals surface area contributed by atoms with Gasteiger partial charge in [0.15, 0.2) is 0 Å². The number of rotatable bonds is 7. The Hall–Kier alpha value is -7.68. The van der Waals surface area contributed by atoms with E-state index in [9.17, 15) is 11.0 Å². The Morgan fingerprint density at radius 1 is 0.345 bits per heavy atom. The maximum absolute atomic E-state index is 9.75. The first-order chi connectivity index (χ1) is 32.1. The van der Waals surface area contributed by atoms with Crippen molar-refractivity contribution in [1.29, 1.82) is 0 Å². The molecule has 1 aromatic heterocycles.